The van der Waals surface area contributed by atoms with Gasteiger partial charge in [0.1, 0.15) is 5.01 Å². The minimum atomic E-state index is 0.101. The highest BCUT2D eigenvalue weighted by Crippen LogP contribution is 2.41. The minimum Gasteiger partial charge on any atom is -0.328 e. The zero-order valence-electron chi connectivity index (χ0n) is 12.9. The first-order valence-electron chi connectivity index (χ1n) is 8.10. The maximum Gasteiger partial charge on any atom is 0.317 e. The lowest BCUT2D eigenvalue weighted by atomic mass is 9.87. The summed E-state index contributed by atoms with van der Waals surface area (Å²) in [4.78, 5) is 18.9. The zero-order chi connectivity index (χ0) is 14.8. The van der Waals surface area contributed by atoms with Gasteiger partial charge in [0.2, 0.25) is 0 Å². The fraction of sp³-hybridized carbons (Fsp3) is 0.750. The molecule has 0 aromatic carbocycles. The van der Waals surface area contributed by atoms with Crippen LogP contribution in [0, 0.1) is 17.8 Å². The molecule has 2 amide bonds. The molecule has 1 N–H and O–H groups in total. The summed E-state index contributed by atoms with van der Waals surface area (Å²) in [6.07, 6.45) is 6.52. The van der Waals surface area contributed by atoms with Crippen molar-refractivity contribution in [1.82, 2.24) is 15.2 Å². The Morgan fingerprint density at radius 3 is 2.52 bits per heavy atom. The normalized spacial score (nSPS) is 21.6. The highest BCUT2D eigenvalue weighted by molar-refractivity contribution is 7.09. The summed E-state index contributed by atoms with van der Waals surface area (Å²) in [6.45, 7) is 6.35. The monoisotopic (exact) mass is 307 g/mol. The average Bonchev–Trinajstić information content (AvgIpc) is 3.19. The number of urea groups is 1. The van der Waals surface area contributed by atoms with Gasteiger partial charge < -0.3 is 10.2 Å². The molecule has 21 heavy (non-hydrogen) atoms. The van der Waals surface area contributed by atoms with Gasteiger partial charge in [0, 0.05) is 24.7 Å². The van der Waals surface area contributed by atoms with Crippen LogP contribution in [0.15, 0.2) is 11.6 Å². The second-order valence-electron chi connectivity index (χ2n) is 6.70. The molecule has 0 radical (unpaired) electrons. The van der Waals surface area contributed by atoms with Gasteiger partial charge in [0.05, 0.1) is 6.04 Å². The molecule has 3 rings (SSSR count). The molecular weight excluding hydrogens is 282 g/mol. The Morgan fingerprint density at radius 1 is 1.29 bits per heavy atom. The quantitative estimate of drug-likeness (QED) is 0.922. The van der Waals surface area contributed by atoms with Crippen LogP contribution in [0.4, 0.5) is 4.79 Å². The summed E-state index contributed by atoms with van der Waals surface area (Å²) >= 11 is 1.65. The van der Waals surface area contributed by atoms with E-state index in [-0.39, 0.29) is 12.1 Å². The van der Waals surface area contributed by atoms with Crippen LogP contribution in [0.2, 0.25) is 0 Å². The number of piperidine rings is 1. The van der Waals surface area contributed by atoms with Crippen molar-refractivity contribution < 1.29 is 4.79 Å². The Hall–Kier alpha value is -1.10. The number of nitrogens with one attached hydrogen (secondary N) is 1. The number of amides is 2. The first-order valence-corrected chi connectivity index (χ1v) is 8.98. The van der Waals surface area contributed by atoms with E-state index in [1.54, 1.807) is 11.3 Å². The lowest BCUT2D eigenvalue weighted by Crippen LogP contribution is -2.46. The van der Waals surface area contributed by atoms with Gasteiger partial charge in [0.15, 0.2) is 0 Å². The molecule has 0 bridgehead atoms. The molecule has 0 spiro atoms. The third kappa shape index (κ3) is 3.57. The third-order valence-electron chi connectivity index (χ3n) is 4.86. The Labute approximate surface area is 130 Å². The van der Waals surface area contributed by atoms with E-state index >= 15 is 0 Å². The zero-order valence-corrected chi connectivity index (χ0v) is 13.7. The van der Waals surface area contributed by atoms with E-state index in [4.69, 9.17) is 0 Å². The number of carbonyl (C=O) groups is 1. The van der Waals surface area contributed by atoms with Crippen molar-refractivity contribution in [1.29, 1.82) is 0 Å². The van der Waals surface area contributed by atoms with Crippen molar-refractivity contribution in [3.05, 3.63) is 16.6 Å². The van der Waals surface area contributed by atoms with Crippen LogP contribution < -0.4 is 5.32 Å². The fourth-order valence-corrected chi connectivity index (χ4v) is 3.97. The second kappa shape index (κ2) is 6.34. The van der Waals surface area contributed by atoms with E-state index in [9.17, 15) is 4.79 Å². The van der Waals surface area contributed by atoms with E-state index in [1.807, 2.05) is 16.5 Å². The van der Waals surface area contributed by atoms with Crippen molar-refractivity contribution in [2.75, 3.05) is 13.1 Å². The maximum atomic E-state index is 12.5. The lowest BCUT2D eigenvalue weighted by molar-refractivity contribution is 0.153. The fourth-order valence-electron chi connectivity index (χ4n) is 3.19. The lowest BCUT2D eigenvalue weighted by Gasteiger charge is -2.34. The van der Waals surface area contributed by atoms with Crippen LogP contribution in [0.1, 0.15) is 50.6 Å². The van der Waals surface area contributed by atoms with Gasteiger partial charge in [-0.3, -0.25) is 0 Å². The van der Waals surface area contributed by atoms with Crippen LogP contribution in [-0.4, -0.2) is 29.0 Å². The SMILES string of the molecule is CC(C)C1CCN(C(=O)N[C@H](c2nccs2)C2CC2)CC1. The summed E-state index contributed by atoms with van der Waals surface area (Å²) < 4.78 is 0. The number of aromatic nitrogens is 1. The van der Waals surface area contributed by atoms with Gasteiger partial charge in [-0.05, 0) is 43.4 Å². The highest BCUT2D eigenvalue weighted by atomic mass is 32.1. The molecule has 1 aromatic rings. The first kappa shape index (κ1) is 14.8. The molecule has 0 unspecified atom stereocenters. The number of nitrogens with zero attached hydrogens (tertiary/aromatic N) is 2. The number of hydrogen-bond donors (Lipinski definition) is 1. The van der Waals surface area contributed by atoms with E-state index in [0.717, 1.165) is 42.8 Å². The molecule has 2 heterocycles. The molecule has 2 fully saturated rings. The van der Waals surface area contributed by atoms with E-state index in [0.29, 0.717) is 5.92 Å². The third-order valence-corrected chi connectivity index (χ3v) is 5.72. The largest absolute Gasteiger partial charge is 0.328 e. The van der Waals surface area contributed by atoms with Crippen molar-refractivity contribution in [3.63, 3.8) is 0 Å². The molecule has 116 valence electrons. The molecule has 4 nitrogen and oxygen atoms in total. The van der Waals surface area contributed by atoms with E-state index in [1.165, 1.54) is 12.8 Å². The van der Waals surface area contributed by atoms with Gasteiger partial charge in [-0.2, -0.15) is 0 Å². The van der Waals surface area contributed by atoms with Crippen molar-refractivity contribution >= 4 is 17.4 Å². The van der Waals surface area contributed by atoms with Crippen molar-refractivity contribution in [2.45, 2.75) is 45.6 Å². The van der Waals surface area contributed by atoms with Gasteiger partial charge in [0.25, 0.3) is 0 Å². The average molecular weight is 307 g/mol. The Morgan fingerprint density at radius 2 is 2.00 bits per heavy atom. The summed E-state index contributed by atoms with van der Waals surface area (Å²) in [5.74, 6) is 2.09. The van der Waals surface area contributed by atoms with Gasteiger partial charge in [-0.15, -0.1) is 11.3 Å². The molecule has 1 atom stereocenters. The number of carbonyl (C=O) groups excluding carboxylic acids is 1. The minimum absolute atomic E-state index is 0.101. The highest BCUT2D eigenvalue weighted by Gasteiger charge is 2.36. The van der Waals surface area contributed by atoms with Gasteiger partial charge in [-0.1, -0.05) is 13.8 Å². The molecular formula is C16H25N3OS. The Bertz CT molecular complexity index is 462. The second-order valence-corrected chi connectivity index (χ2v) is 7.63. The van der Waals surface area contributed by atoms with Crippen LogP contribution in [0.5, 0.6) is 0 Å². The van der Waals surface area contributed by atoms with E-state index < -0.39 is 0 Å². The van der Waals surface area contributed by atoms with Gasteiger partial charge in [-0.25, -0.2) is 9.78 Å². The van der Waals surface area contributed by atoms with Crippen LogP contribution in [0.3, 0.4) is 0 Å². The number of thiazole rings is 1. The number of hydrogen-bond acceptors (Lipinski definition) is 3. The molecule has 2 aliphatic rings. The van der Waals surface area contributed by atoms with Crippen molar-refractivity contribution in [3.8, 4) is 0 Å². The summed E-state index contributed by atoms with van der Waals surface area (Å²) in [5, 5.41) is 6.28. The van der Waals surface area contributed by atoms with Crippen molar-refractivity contribution in [2.24, 2.45) is 17.8 Å². The molecule has 1 aliphatic carbocycles. The predicted molar refractivity (Wildman–Crippen MR) is 85.2 cm³/mol. The Kier molecular flexibility index (Phi) is 4.48. The van der Waals surface area contributed by atoms with Crippen LogP contribution in [-0.2, 0) is 0 Å². The molecule has 1 aliphatic heterocycles. The summed E-state index contributed by atoms with van der Waals surface area (Å²) in [6, 6.07) is 0.227. The summed E-state index contributed by atoms with van der Waals surface area (Å²) in [5.41, 5.74) is 0. The van der Waals surface area contributed by atoms with Gasteiger partial charge >= 0.3 is 6.03 Å². The Balaban J connectivity index is 1.56. The van der Waals surface area contributed by atoms with Crippen LogP contribution in [0.25, 0.3) is 0 Å². The summed E-state index contributed by atoms with van der Waals surface area (Å²) in [7, 11) is 0. The first-order chi connectivity index (χ1) is 10.1. The molecule has 1 saturated carbocycles. The smallest absolute Gasteiger partial charge is 0.317 e. The molecule has 1 saturated heterocycles. The number of likely N-dealkylation sites (tertiary alicyclic amines) is 1. The van der Waals surface area contributed by atoms with E-state index in [2.05, 4.69) is 24.1 Å². The number of rotatable bonds is 4. The standard InChI is InChI=1S/C16H25N3OS/c1-11(2)12-5-8-19(9-6-12)16(20)18-14(13-3-4-13)15-17-7-10-21-15/h7,10-14H,3-6,8-9H2,1-2H3,(H,18,20)/t14-/m0/s1. The molecule has 5 heteroatoms. The topological polar surface area (TPSA) is 45.2 Å². The predicted octanol–water partition coefficient (Wildman–Crippen LogP) is 3.67. The van der Waals surface area contributed by atoms with Crippen LogP contribution >= 0.6 is 11.3 Å². The molecule has 1 aromatic heterocycles. The maximum absolute atomic E-state index is 12.5.